The summed E-state index contributed by atoms with van der Waals surface area (Å²) in [4.78, 5) is 33.3. The van der Waals surface area contributed by atoms with Crippen LogP contribution in [0.2, 0.25) is 0 Å². The molecule has 1 fully saturated rings. The average Bonchev–Trinajstić information content (AvgIpc) is 2.36. The summed E-state index contributed by atoms with van der Waals surface area (Å²) in [6.07, 6.45) is -1.16. The van der Waals surface area contributed by atoms with E-state index in [0.717, 1.165) is 0 Å². The van der Waals surface area contributed by atoms with Gasteiger partial charge in [-0.15, -0.1) is 0 Å². The Balaban J connectivity index is 2.22. The average molecular weight is 265 g/mol. The van der Waals surface area contributed by atoms with E-state index in [4.69, 9.17) is 9.47 Å². The Bertz CT molecular complexity index is 528. The van der Waals surface area contributed by atoms with Gasteiger partial charge in [-0.25, -0.2) is 0 Å². The van der Waals surface area contributed by atoms with Crippen molar-refractivity contribution in [3.63, 3.8) is 0 Å². The van der Waals surface area contributed by atoms with Gasteiger partial charge in [-0.3, -0.25) is 19.7 Å². The van der Waals surface area contributed by atoms with E-state index in [9.17, 15) is 19.7 Å². The molecule has 0 amide bonds. The van der Waals surface area contributed by atoms with E-state index in [-0.39, 0.29) is 5.69 Å². The molecular formula is C12H11NO6. The van der Waals surface area contributed by atoms with Crippen molar-refractivity contribution in [3.8, 4) is 0 Å². The van der Waals surface area contributed by atoms with Gasteiger partial charge in [0.1, 0.15) is 0 Å². The maximum atomic E-state index is 11.7. The van der Waals surface area contributed by atoms with Gasteiger partial charge in [0.05, 0.1) is 4.92 Å². The Morgan fingerprint density at radius 1 is 1.11 bits per heavy atom. The lowest BCUT2D eigenvalue weighted by atomic mass is 9.93. The van der Waals surface area contributed by atoms with Gasteiger partial charge >= 0.3 is 11.9 Å². The third-order valence-electron chi connectivity index (χ3n) is 2.82. The second kappa shape index (κ2) is 4.34. The van der Waals surface area contributed by atoms with Crippen molar-refractivity contribution in [1.29, 1.82) is 0 Å². The van der Waals surface area contributed by atoms with Crippen LogP contribution in [0.1, 0.15) is 25.7 Å². The van der Waals surface area contributed by atoms with E-state index in [1.165, 1.54) is 38.1 Å². The lowest BCUT2D eigenvalue weighted by Gasteiger charge is -2.31. The molecule has 1 aliphatic heterocycles. The standard InChI is InChI=1S/C12H11NO6/c1-12(2)10(14)18-9(19-11(12)15)7-3-5-8(6-4-7)13(16)17/h3-6,9H,1-2H3. The van der Waals surface area contributed by atoms with Crippen LogP contribution in [-0.2, 0) is 19.1 Å². The molecule has 0 N–H and O–H groups in total. The quantitative estimate of drug-likeness (QED) is 0.349. The van der Waals surface area contributed by atoms with Gasteiger partial charge < -0.3 is 9.47 Å². The number of hydrogen-bond donors (Lipinski definition) is 0. The van der Waals surface area contributed by atoms with Crippen LogP contribution in [0.25, 0.3) is 0 Å². The van der Waals surface area contributed by atoms with Crippen LogP contribution < -0.4 is 0 Å². The molecule has 1 saturated heterocycles. The highest BCUT2D eigenvalue weighted by molar-refractivity contribution is 6.00. The van der Waals surface area contributed by atoms with E-state index in [1.807, 2.05) is 0 Å². The molecule has 0 aromatic heterocycles. The Labute approximate surface area is 108 Å². The van der Waals surface area contributed by atoms with Crippen LogP contribution in [0, 0.1) is 15.5 Å². The van der Waals surface area contributed by atoms with Gasteiger partial charge in [0, 0.05) is 17.7 Å². The summed E-state index contributed by atoms with van der Waals surface area (Å²) in [6.45, 7) is 2.81. The molecule has 0 saturated carbocycles. The SMILES string of the molecule is CC1(C)C(=O)OC(c2ccc([N+](=O)[O-])cc2)OC1=O. The van der Waals surface area contributed by atoms with Crippen LogP contribution >= 0.6 is 0 Å². The summed E-state index contributed by atoms with van der Waals surface area (Å²) in [5.74, 6) is -1.38. The van der Waals surface area contributed by atoms with Gasteiger partial charge in [-0.1, -0.05) is 0 Å². The Kier molecular flexibility index (Phi) is 2.97. The monoisotopic (exact) mass is 265 g/mol. The first-order valence-electron chi connectivity index (χ1n) is 5.49. The summed E-state index contributed by atoms with van der Waals surface area (Å²) in [5, 5.41) is 10.5. The molecule has 1 aromatic carbocycles. The molecule has 1 aromatic rings. The molecule has 0 unspecified atom stereocenters. The maximum Gasteiger partial charge on any atom is 0.326 e. The second-order valence-corrected chi connectivity index (χ2v) is 4.62. The van der Waals surface area contributed by atoms with Crippen molar-refractivity contribution in [2.45, 2.75) is 20.1 Å². The molecular weight excluding hydrogens is 254 g/mol. The van der Waals surface area contributed by atoms with Crippen LogP contribution in [-0.4, -0.2) is 16.9 Å². The van der Waals surface area contributed by atoms with Gasteiger partial charge in [-0.2, -0.15) is 0 Å². The molecule has 7 nitrogen and oxygen atoms in total. The molecule has 1 heterocycles. The fourth-order valence-corrected chi connectivity index (χ4v) is 1.49. The zero-order valence-electron chi connectivity index (χ0n) is 10.3. The highest BCUT2D eigenvalue weighted by Gasteiger charge is 2.46. The Morgan fingerprint density at radius 2 is 1.58 bits per heavy atom. The molecule has 2 rings (SSSR count). The smallest absolute Gasteiger partial charge is 0.326 e. The first-order chi connectivity index (χ1) is 8.82. The molecule has 0 aliphatic carbocycles. The minimum Gasteiger partial charge on any atom is -0.420 e. The van der Waals surface area contributed by atoms with Crippen molar-refractivity contribution in [2.24, 2.45) is 5.41 Å². The van der Waals surface area contributed by atoms with Crippen LogP contribution in [0.3, 0.4) is 0 Å². The van der Waals surface area contributed by atoms with Crippen LogP contribution in [0.15, 0.2) is 24.3 Å². The van der Waals surface area contributed by atoms with Gasteiger partial charge in [0.2, 0.25) is 0 Å². The summed E-state index contributed by atoms with van der Waals surface area (Å²) in [7, 11) is 0. The van der Waals surface area contributed by atoms with Crippen LogP contribution in [0.5, 0.6) is 0 Å². The lowest BCUT2D eigenvalue weighted by molar-refractivity contribution is -0.384. The minimum absolute atomic E-state index is 0.0995. The number of nitro groups is 1. The van der Waals surface area contributed by atoms with E-state index >= 15 is 0 Å². The first-order valence-corrected chi connectivity index (χ1v) is 5.49. The number of cyclic esters (lactones) is 2. The second-order valence-electron chi connectivity index (χ2n) is 4.62. The fourth-order valence-electron chi connectivity index (χ4n) is 1.49. The third-order valence-corrected chi connectivity index (χ3v) is 2.82. The molecule has 0 atom stereocenters. The van der Waals surface area contributed by atoms with Gasteiger partial charge in [-0.05, 0) is 26.0 Å². The zero-order valence-corrected chi connectivity index (χ0v) is 10.3. The molecule has 100 valence electrons. The first kappa shape index (κ1) is 13.0. The number of nitro benzene ring substituents is 1. The van der Waals surface area contributed by atoms with E-state index in [1.54, 1.807) is 0 Å². The number of esters is 2. The number of hydrogen-bond acceptors (Lipinski definition) is 6. The number of non-ortho nitro benzene ring substituents is 1. The van der Waals surface area contributed by atoms with Gasteiger partial charge in [0.25, 0.3) is 12.0 Å². The summed E-state index contributed by atoms with van der Waals surface area (Å²) in [6, 6.07) is 5.25. The maximum absolute atomic E-state index is 11.7. The molecule has 19 heavy (non-hydrogen) atoms. The third kappa shape index (κ3) is 2.26. The summed E-state index contributed by atoms with van der Waals surface area (Å²) in [5.41, 5.74) is -1.07. The van der Waals surface area contributed by atoms with Crippen molar-refractivity contribution < 1.29 is 24.0 Å². The molecule has 0 bridgehead atoms. The Hall–Kier alpha value is -2.44. The molecule has 7 heteroatoms. The van der Waals surface area contributed by atoms with E-state index in [2.05, 4.69) is 0 Å². The fraction of sp³-hybridized carbons (Fsp3) is 0.333. The number of rotatable bonds is 2. The lowest BCUT2D eigenvalue weighted by Crippen LogP contribution is -2.43. The zero-order chi connectivity index (χ0) is 14.2. The van der Waals surface area contributed by atoms with E-state index < -0.39 is 28.6 Å². The highest BCUT2D eigenvalue weighted by atomic mass is 16.7. The van der Waals surface area contributed by atoms with Crippen molar-refractivity contribution in [1.82, 2.24) is 0 Å². The minimum atomic E-state index is -1.34. The summed E-state index contributed by atoms with van der Waals surface area (Å²) < 4.78 is 10.0. The van der Waals surface area contributed by atoms with Crippen molar-refractivity contribution in [2.75, 3.05) is 0 Å². The Morgan fingerprint density at radius 3 is 2.00 bits per heavy atom. The summed E-state index contributed by atoms with van der Waals surface area (Å²) >= 11 is 0. The van der Waals surface area contributed by atoms with Crippen LogP contribution in [0.4, 0.5) is 5.69 Å². The largest absolute Gasteiger partial charge is 0.420 e. The van der Waals surface area contributed by atoms with Crippen molar-refractivity contribution >= 4 is 17.6 Å². The number of benzene rings is 1. The predicted molar refractivity (Wildman–Crippen MR) is 61.8 cm³/mol. The number of ether oxygens (including phenoxy) is 2. The van der Waals surface area contributed by atoms with E-state index in [0.29, 0.717) is 5.56 Å². The predicted octanol–water partition coefficient (Wildman–Crippen LogP) is 1.72. The number of nitrogens with zero attached hydrogens (tertiary/aromatic N) is 1. The van der Waals surface area contributed by atoms with Crippen molar-refractivity contribution in [3.05, 3.63) is 39.9 Å². The number of carbonyl (C=O) groups is 2. The van der Waals surface area contributed by atoms with Gasteiger partial charge in [0.15, 0.2) is 5.41 Å². The number of carbonyl (C=O) groups excluding carboxylic acids is 2. The molecule has 0 spiro atoms. The topological polar surface area (TPSA) is 95.7 Å². The molecule has 1 aliphatic rings. The normalized spacial score (nSPS) is 18.6. The molecule has 0 radical (unpaired) electrons. The highest BCUT2D eigenvalue weighted by Crippen LogP contribution is 2.33.